The van der Waals surface area contributed by atoms with Crippen LogP contribution in [-0.2, 0) is 10.0 Å². The Labute approximate surface area is 148 Å². The lowest BCUT2D eigenvalue weighted by atomic mass is 10.2. The lowest BCUT2D eigenvalue weighted by molar-refractivity contribution is 0.0696. The average molecular weight is 390 g/mol. The summed E-state index contributed by atoms with van der Waals surface area (Å²) in [5.41, 5.74) is -0.113. The van der Waals surface area contributed by atoms with Crippen LogP contribution in [0.15, 0.2) is 35.4 Å². The van der Waals surface area contributed by atoms with Crippen molar-refractivity contribution in [3.05, 3.63) is 46.1 Å². The first-order valence-corrected chi connectivity index (χ1v) is 8.74. The molecule has 0 saturated carbocycles. The van der Waals surface area contributed by atoms with Gasteiger partial charge >= 0.3 is 5.97 Å². The second kappa shape index (κ2) is 6.84. The van der Waals surface area contributed by atoms with Crippen molar-refractivity contribution in [2.24, 2.45) is 0 Å². The fourth-order valence-corrected chi connectivity index (χ4v) is 3.29. The third kappa shape index (κ3) is 3.89. The molecule has 0 unspecified atom stereocenters. The van der Waals surface area contributed by atoms with Crippen LogP contribution in [0.3, 0.4) is 0 Å². The van der Waals surface area contributed by atoms with E-state index in [1.54, 1.807) is 19.0 Å². The quantitative estimate of drug-likeness (QED) is 0.815. The van der Waals surface area contributed by atoms with Crippen LogP contribution in [0.4, 0.5) is 11.5 Å². The van der Waals surface area contributed by atoms with E-state index >= 15 is 0 Å². The summed E-state index contributed by atoms with van der Waals surface area (Å²) in [4.78, 5) is 16.5. The van der Waals surface area contributed by atoms with E-state index in [1.807, 2.05) is 0 Å². The van der Waals surface area contributed by atoms with Gasteiger partial charge < -0.3 is 10.0 Å². The number of carboxylic acid groups (broad SMARTS) is 1. The molecule has 0 aliphatic heterocycles. The highest BCUT2D eigenvalue weighted by Gasteiger charge is 2.20. The van der Waals surface area contributed by atoms with Crippen LogP contribution in [0.25, 0.3) is 0 Å². The molecule has 10 heteroatoms. The highest BCUT2D eigenvalue weighted by atomic mass is 35.5. The van der Waals surface area contributed by atoms with Gasteiger partial charge in [-0.1, -0.05) is 23.2 Å². The van der Waals surface area contributed by atoms with E-state index in [-0.39, 0.29) is 32.0 Å². The lowest BCUT2D eigenvalue weighted by Crippen LogP contribution is -2.19. The van der Waals surface area contributed by atoms with Crippen LogP contribution in [0.1, 0.15) is 10.4 Å². The molecule has 1 heterocycles. The van der Waals surface area contributed by atoms with Crippen LogP contribution in [-0.4, -0.2) is 38.6 Å². The van der Waals surface area contributed by atoms with Gasteiger partial charge in [0.15, 0.2) is 5.82 Å². The minimum Gasteiger partial charge on any atom is -0.478 e. The van der Waals surface area contributed by atoms with E-state index in [2.05, 4.69) is 9.71 Å². The standard InChI is InChI=1S/C14H13Cl2N3O4S/c1-19(2)13-12(5-8(7-17-13)14(20)21)18-24(22,23)9-3-4-10(15)11(16)6-9/h3-7,18H,1-2H3,(H,20,21). The molecule has 0 bridgehead atoms. The van der Waals surface area contributed by atoms with E-state index in [9.17, 15) is 13.2 Å². The average Bonchev–Trinajstić information content (AvgIpc) is 2.49. The molecule has 2 aromatic rings. The number of carbonyl (C=O) groups is 1. The summed E-state index contributed by atoms with van der Waals surface area (Å²) in [7, 11) is -0.699. The van der Waals surface area contributed by atoms with Crippen molar-refractivity contribution in [2.75, 3.05) is 23.7 Å². The Morgan fingerprint density at radius 2 is 1.88 bits per heavy atom. The van der Waals surface area contributed by atoms with Crippen LogP contribution < -0.4 is 9.62 Å². The van der Waals surface area contributed by atoms with Gasteiger partial charge in [0.05, 0.1) is 26.2 Å². The third-order valence-corrected chi connectivity index (χ3v) is 5.09. The Balaban J connectivity index is 2.49. The minimum atomic E-state index is -4.00. The van der Waals surface area contributed by atoms with Crippen molar-refractivity contribution in [1.82, 2.24) is 4.98 Å². The normalized spacial score (nSPS) is 11.2. The van der Waals surface area contributed by atoms with Gasteiger partial charge in [-0.25, -0.2) is 18.2 Å². The Kier molecular flexibility index (Phi) is 5.22. The highest BCUT2D eigenvalue weighted by molar-refractivity contribution is 7.92. The summed E-state index contributed by atoms with van der Waals surface area (Å²) >= 11 is 11.6. The second-order valence-electron chi connectivity index (χ2n) is 4.98. The van der Waals surface area contributed by atoms with Crippen molar-refractivity contribution in [3.8, 4) is 0 Å². The van der Waals surface area contributed by atoms with Crippen LogP contribution in [0, 0.1) is 0 Å². The summed E-state index contributed by atoms with van der Waals surface area (Å²) < 4.78 is 27.4. The Morgan fingerprint density at radius 3 is 2.42 bits per heavy atom. The molecule has 0 atom stereocenters. The molecule has 2 rings (SSSR count). The number of aromatic carboxylic acids is 1. The smallest absolute Gasteiger partial charge is 0.337 e. The van der Waals surface area contributed by atoms with Gasteiger partial charge in [-0.3, -0.25) is 4.72 Å². The molecule has 0 aliphatic carbocycles. The number of anilines is 2. The molecule has 0 saturated heterocycles. The largest absolute Gasteiger partial charge is 0.478 e. The fourth-order valence-electron chi connectivity index (χ4n) is 1.85. The van der Waals surface area contributed by atoms with Gasteiger partial charge in [-0.05, 0) is 24.3 Å². The molecule has 2 N–H and O–H groups in total. The number of hydrogen-bond acceptors (Lipinski definition) is 5. The molecule has 0 fully saturated rings. The molecule has 128 valence electrons. The van der Waals surface area contributed by atoms with Crippen molar-refractivity contribution < 1.29 is 18.3 Å². The summed E-state index contributed by atoms with van der Waals surface area (Å²) in [6.45, 7) is 0. The number of benzene rings is 1. The molecular weight excluding hydrogens is 377 g/mol. The van der Waals surface area contributed by atoms with Crippen molar-refractivity contribution in [3.63, 3.8) is 0 Å². The summed E-state index contributed by atoms with van der Waals surface area (Å²) in [6, 6.07) is 5.05. The van der Waals surface area contributed by atoms with Crippen molar-refractivity contribution in [2.45, 2.75) is 4.90 Å². The zero-order valence-corrected chi connectivity index (χ0v) is 14.9. The maximum absolute atomic E-state index is 12.5. The van der Waals surface area contributed by atoms with E-state index in [4.69, 9.17) is 28.3 Å². The van der Waals surface area contributed by atoms with E-state index in [0.717, 1.165) is 6.20 Å². The Bertz CT molecular complexity index is 901. The predicted molar refractivity (Wildman–Crippen MR) is 92.8 cm³/mol. The van der Waals surface area contributed by atoms with Gasteiger partial charge in [0.1, 0.15) is 0 Å². The molecule has 0 radical (unpaired) electrons. The Morgan fingerprint density at radius 1 is 1.21 bits per heavy atom. The highest BCUT2D eigenvalue weighted by Crippen LogP contribution is 2.29. The number of nitrogens with zero attached hydrogens (tertiary/aromatic N) is 2. The van der Waals surface area contributed by atoms with Gasteiger partial charge in [0.2, 0.25) is 0 Å². The fraction of sp³-hybridized carbons (Fsp3) is 0.143. The van der Waals surface area contributed by atoms with Gasteiger partial charge in [0.25, 0.3) is 10.0 Å². The first kappa shape index (κ1) is 18.3. The number of carboxylic acids is 1. The minimum absolute atomic E-state index is 0.0333. The summed E-state index contributed by atoms with van der Waals surface area (Å²) in [6.07, 6.45) is 1.15. The van der Waals surface area contributed by atoms with Gasteiger partial charge in [0, 0.05) is 20.3 Å². The second-order valence-corrected chi connectivity index (χ2v) is 7.47. The number of pyridine rings is 1. The topological polar surface area (TPSA) is 99.6 Å². The summed E-state index contributed by atoms with van der Waals surface area (Å²) in [5, 5.41) is 9.37. The third-order valence-electron chi connectivity index (χ3n) is 2.98. The maximum atomic E-state index is 12.5. The molecule has 1 aromatic heterocycles. The maximum Gasteiger partial charge on any atom is 0.337 e. The number of nitrogens with one attached hydrogen (secondary N) is 1. The molecule has 0 amide bonds. The molecule has 0 spiro atoms. The molecule has 1 aromatic carbocycles. The lowest BCUT2D eigenvalue weighted by Gasteiger charge is -2.18. The van der Waals surface area contributed by atoms with Crippen LogP contribution >= 0.6 is 23.2 Å². The van der Waals surface area contributed by atoms with Crippen molar-refractivity contribution >= 4 is 50.7 Å². The summed E-state index contributed by atoms with van der Waals surface area (Å²) in [5.74, 6) is -0.952. The number of hydrogen-bond donors (Lipinski definition) is 2. The molecular formula is C14H13Cl2N3O4S. The predicted octanol–water partition coefficient (Wildman–Crippen LogP) is 2.95. The van der Waals surface area contributed by atoms with Gasteiger partial charge in [-0.15, -0.1) is 0 Å². The van der Waals surface area contributed by atoms with Crippen molar-refractivity contribution in [1.29, 1.82) is 0 Å². The molecule has 7 nitrogen and oxygen atoms in total. The first-order valence-electron chi connectivity index (χ1n) is 6.50. The van der Waals surface area contributed by atoms with Crippen LogP contribution in [0.2, 0.25) is 10.0 Å². The van der Waals surface area contributed by atoms with Crippen LogP contribution in [0.5, 0.6) is 0 Å². The molecule has 0 aliphatic rings. The number of sulfonamides is 1. The number of rotatable bonds is 5. The molecule has 24 heavy (non-hydrogen) atoms. The van der Waals surface area contributed by atoms with E-state index < -0.39 is 16.0 Å². The van der Waals surface area contributed by atoms with E-state index in [1.165, 1.54) is 24.3 Å². The number of aromatic nitrogens is 1. The van der Waals surface area contributed by atoms with Gasteiger partial charge in [-0.2, -0.15) is 0 Å². The number of halogens is 2. The zero-order chi connectivity index (χ0) is 18.1. The SMILES string of the molecule is CN(C)c1ncc(C(=O)O)cc1NS(=O)(=O)c1ccc(Cl)c(Cl)c1. The Hall–Kier alpha value is -2.03. The monoisotopic (exact) mass is 389 g/mol. The first-order chi connectivity index (χ1) is 11.1. The zero-order valence-electron chi connectivity index (χ0n) is 12.6. The van der Waals surface area contributed by atoms with E-state index in [0.29, 0.717) is 0 Å².